The Bertz CT molecular complexity index is 1240. The van der Waals surface area contributed by atoms with Crippen LogP contribution >= 0.6 is 11.8 Å². The fraction of sp³-hybridized carbons (Fsp3) is 0.217. The molecule has 0 radical (unpaired) electrons. The molecule has 0 spiro atoms. The highest BCUT2D eigenvalue weighted by molar-refractivity contribution is 7.99. The molecule has 0 saturated carbocycles. The first-order valence-electron chi connectivity index (χ1n) is 10.0. The van der Waals surface area contributed by atoms with Gasteiger partial charge in [0.15, 0.2) is 6.61 Å². The summed E-state index contributed by atoms with van der Waals surface area (Å²) in [5, 5.41) is 8.25. The number of anilines is 1. The standard InChI is InChI=1S/C23H23N5O2S/c1-4-17-16(3)26-23-24-14-25-28(23)22(17)31-20-12-8-6-10-18(20)27-21(29)13-30-19-11-7-5-9-15(19)2/h5-12,14H,4,13H2,1-3H3,(H,27,29). The Kier molecular flexibility index (Phi) is 6.18. The zero-order chi connectivity index (χ0) is 21.8. The van der Waals surface area contributed by atoms with Gasteiger partial charge in [0, 0.05) is 16.2 Å². The van der Waals surface area contributed by atoms with E-state index < -0.39 is 0 Å². The number of benzene rings is 2. The van der Waals surface area contributed by atoms with E-state index in [9.17, 15) is 4.79 Å². The summed E-state index contributed by atoms with van der Waals surface area (Å²) in [4.78, 5) is 22.2. The number of aryl methyl sites for hydroxylation is 2. The van der Waals surface area contributed by atoms with Gasteiger partial charge in [0.2, 0.25) is 0 Å². The number of para-hydroxylation sites is 2. The molecule has 0 aliphatic carbocycles. The van der Waals surface area contributed by atoms with Crippen LogP contribution in [0, 0.1) is 13.8 Å². The lowest BCUT2D eigenvalue weighted by Crippen LogP contribution is -2.20. The van der Waals surface area contributed by atoms with Crippen molar-refractivity contribution in [2.75, 3.05) is 11.9 Å². The van der Waals surface area contributed by atoms with Crippen molar-refractivity contribution in [2.45, 2.75) is 37.1 Å². The highest BCUT2D eigenvalue weighted by Gasteiger charge is 2.17. The van der Waals surface area contributed by atoms with Gasteiger partial charge in [-0.3, -0.25) is 4.79 Å². The van der Waals surface area contributed by atoms with Crippen LogP contribution in [0.5, 0.6) is 5.75 Å². The molecule has 158 valence electrons. The number of ether oxygens (including phenoxy) is 1. The molecule has 4 aromatic rings. The number of amides is 1. The molecule has 2 heterocycles. The molecule has 0 bridgehead atoms. The molecule has 0 fully saturated rings. The van der Waals surface area contributed by atoms with Gasteiger partial charge in [-0.1, -0.05) is 49.0 Å². The van der Waals surface area contributed by atoms with Crippen molar-refractivity contribution >= 4 is 29.1 Å². The molecule has 0 atom stereocenters. The molecule has 31 heavy (non-hydrogen) atoms. The predicted octanol–water partition coefficient (Wildman–Crippen LogP) is 4.47. The Morgan fingerprint density at radius 3 is 2.71 bits per heavy atom. The second-order valence-corrected chi connectivity index (χ2v) is 8.04. The minimum Gasteiger partial charge on any atom is -0.483 e. The number of nitrogens with one attached hydrogen (secondary N) is 1. The lowest BCUT2D eigenvalue weighted by molar-refractivity contribution is -0.118. The van der Waals surface area contributed by atoms with Crippen molar-refractivity contribution in [3.8, 4) is 5.75 Å². The number of hydrogen-bond donors (Lipinski definition) is 1. The number of carbonyl (C=O) groups excluding carboxylic acids is 1. The van der Waals surface area contributed by atoms with Crippen molar-refractivity contribution in [1.29, 1.82) is 0 Å². The van der Waals surface area contributed by atoms with E-state index in [1.807, 2.05) is 62.4 Å². The summed E-state index contributed by atoms with van der Waals surface area (Å²) in [7, 11) is 0. The highest BCUT2D eigenvalue weighted by Crippen LogP contribution is 2.36. The van der Waals surface area contributed by atoms with E-state index >= 15 is 0 Å². The minimum absolute atomic E-state index is 0.0637. The molecule has 0 aliphatic rings. The van der Waals surface area contributed by atoms with Gasteiger partial charge in [-0.15, -0.1) is 0 Å². The van der Waals surface area contributed by atoms with E-state index in [0.717, 1.165) is 38.9 Å². The van der Waals surface area contributed by atoms with Crippen LogP contribution in [0.1, 0.15) is 23.7 Å². The molecule has 8 heteroatoms. The largest absolute Gasteiger partial charge is 0.483 e. The summed E-state index contributed by atoms with van der Waals surface area (Å²) in [5.41, 5.74) is 3.74. The highest BCUT2D eigenvalue weighted by atomic mass is 32.2. The molecule has 0 saturated heterocycles. The zero-order valence-electron chi connectivity index (χ0n) is 17.6. The zero-order valence-corrected chi connectivity index (χ0v) is 18.4. The predicted molar refractivity (Wildman–Crippen MR) is 121 cm³/mol. The van der Waals surface area contributed by atoms with Gasteiger partial charge < -0.3 is 10.1 Å². The minimum atomic E-state index is -0.219. The van der Waals surface area contributed by atoms with Crippen LogP contribution in [-0.2, 0) is 11.2 Å². The normalized spacial score (nSPS) is 10.9. The first-order valence-corrected chi connectivity index (χ1v) is 10.8. The number of hydrogen-bond acceptors (Lipinski definition) is 6. The first kappa shape index (κ1) is 20.9. The topological polar surface area (TPSA) is 81.4 Å². The van der Waals surface area contributed by atoms with Crippen molar-refractivity contribution in [2.24, 2.45) is 0 Å². The van der Waals surface area contributed by atoms with Crippen LogP contribution in [0.4, 0.5) is 5.69 Å². The van der Waals surface area contributed by atoms with Crippen molar-refractivity contribution in [1.82, 2.24) is 19.6 Å². The Balaban J connectivity index is 1.56. The smallest absolute Gasteiger partial charge is 0.262 e. The number of fused-ring (bicyclic) bond motifs is 1. The lowest BCUT2D eigenvalue weighted by atomic mass is 10.2. The van der Waals surface area contributed by atoms with E-state index in [0.29, 0.717) is 11.5 Å². The number of rotatable bonds is 7. The monoisotopic (exact) mass is 433 g/mol. The summed E-state index contributed by atoms with van der Waals surface area (Å²) in [5.74, 6) is 1.04. The van der Waals surface area contributed by atoms with Crippen LogP contribution in [0.2, 0.25) is 0 Å². The second-order valence-electron chi connectivity index (χ2n) is 7.01. The van der Waals surface area contributed by atoms with Crippen LogP contribution in [0.3, 0.4) is 0 Å². The fourth-order valence-electron chi connectivity index (χ4n) is 3.28. The van der Waals surface area contributed by atoms with Gasteiger partial charge in [-0.25, -0.2) is 4.98 Å². The molecule has 1 amide bonds. The second kappa shape index (κ2) is 9.18. The molecule has 2 aromatic carbocycles. The molecule has 0 aliphatic heterocycles. The van der Waals surface area contributed by atoms with E-state index in [1.165, 1.54) is 18.1 Å². The van der Waals surface area contributed by atoms with Crippen molar-refractivity contribution in [3.63, 3.8) is 0 Å². The Morgan fingerprint density at radius 1 is 1.13 bits per heavy atom. The maximum absolute atomic E-state index is 12.6. The molecular weight excluding hydrogens is 410 g/mol. The van der Waals surface area contributed by atoms with Gasteiger partial charge in [0.25, 0.3) is 11.7 Å². The van der Waals surface area contributed by atoms with Crippen LogP contribution in [0.25, 0.3) is 5.78 Å². The number of aromatic nitrogens is 4. The number of carbonyl (C=O) groups is 1. The van der Waals surface area contributed by atoms with Crippen LogP contribution in [-0.4, -0.2) is 32.1 Å². The van der Waals surface area contributed by atoms with Gasteiger partial charge in [0.05, 0.1) is 5.69 Å². The van der Waals surface area contributed by atoms with E-state index in [1.54, 1.807) is 4.52 Å². The molecule has 7 nitrogen and oxygen atoms in total. The third-order valence-electron chi connectivity index (χ3n) is 4.86. The van der Waals surface area contributed by atoms with Gasteiger partial charge in [0.1, 0.15) is 17.1 Å². The SMILES string of the molecule is CCc1c(C)nc2ncnn2c1Sc1ccccc1NC(=O)COc1ccccc1C. The molecule has 1 N–H and O–H groups in total. The van der Waals surface area contributed by atoms with Gasteiger partial charge >= 0.3 is 0 Å². The summed E-state index contributed by atoms with van der Waals surface area (Å²) >= 11 is 1.54. The van der Waals surface area contributed by atoms with E-state index in [2.05, 4.69) is 27.3 Å². The maximum Gasteiger partial charge on any atom is 0.262 e. The molecular formula is C23H23N5O2S. The van der Waals surface area contributed by atoms with Crippen molar-refractivity contribution in [3.05, 3.63) is 71.7 Å². The average Bonchev–Trinajstić information content (AvgIpc) is 3.23. The Hall–Kier alpha value is -3.39. The summed E-state index contributed by atoms with van der Waals surface area (Å²) in [6.45, 7) is 5.96. The summed E-state index contributed by atoms with van der Waals surface area (Å²) in [6, 6.07) is 15.3. The third-order valence-corrected chi connectivity index (χ3v) is 6.05. The summed E-state index contributed by atoms with van der Waals surface area (Å²) < 4.78 is 7.43. The third kappa shape index (κ3) is 4.54. The average molecular weight is 434 g/mol. The quantitative estimate of drug-likeness (QED) is 0.433. The van der Waals surface area contributed by atoms with Crippen molar-refractivity contribution < 1.29 is 9.53 Å². The van der Waals surface area contributed by atoms with Crippen LogP contribution < -0.4 is 10.1 Å². The Morgan fingerprint density at radius 2 is 1.90 bits per heavy atom. The van der Waals surface area contributed by atoms with Crippen LogP contribution in [0.15, 0.2) is 64.8 Å². The maximum atomic E-state index is 12.6. The molecule has 4 rings (SSSR count). The van der Waals surface area contributed by atoms with E-state index in [4.69, 9.17) is 4.74 Å². The molecule has 2 aromatic heterocycles. The van der Waals surface area contributed by atoms with Gasteiger partial charge in [-0.05, 0) is 44.0 Å². The summed E-state index contributed by atoms with van der Waals surface area (Å²) in [6.07, 6.45) is 2.32. The first-order chi connectivity index (χ1) is 15.1. The van der Waals surface area contributed by atoms with Gasteiger partial charge in [-0.2, -0.15) is 14.6 Å². The fourth-order valence-corrected chi connectivity index (χ4v) is 4.49. The van der Waals surface area contributed by atoms with E-state index in [-0.39, 0.29) is 12.5 Å². The number of nitrogens with zero attached hydrogens (tertiary/aromatic N) is 4. The molecule has 0 unspecified atom stereocenters. The Labute approximate surface area is 184 Å². The lowest BCUT2D eigenvalue weighted by Gasteiger charge is -2.15.